The standard InChI is InChI=1S/C38H41ClN8O3/c1-25(27-12-13-34(48)44(3)21-27)37(49)47-20-19-46(22-28(47)14-16-40)36-30-15-18-45(33-11-5-8-26-7-4-10-31(39)35(26)33)23-32(30)41-38(42-36)50-24-29-9-6-17-43(29)2/h4-5,7-8,10-13,21,28-29H,1,6,9,14-15,17-20,22-24H2,2-3H3/t28-,29-/m0/s1. The molecular weight excluding hydrogens is 652 g/mol. The van der Waals surface area contributed by atoms with Gasteiger partial charge in [-0.25, -0.2) is 0 Å². The molecule has 1 amide bonds. The van der Waals surface area contributed by atoms with Crippen molar-refractivity contribution in [2.24, 2.45) is 7.05 Å². The third-order valence-electron chi connectivity index (χ3n) is 10.3. The monoisotopic (exact) mass is 692 g/mol. The first-order valence-corrected chi connectivity index (χ1v) is 17.5. The van der Waals surface area contributed by atoms with E-state index in [0.717, 1.165) is 59.5 Å². The van der Waals surface area contributed by atoms with Crippen LogP contribution in [0.5, 0.6) is 6.01 Å². The van der Waals surface area contributed by atoms with Gasteiger partial charge in [-0.3, -0.25) is 9.59 Å². The van der Waals surface area contributed by atoms with Gasteiger partial charge in [0.25, 0.3) is 5.91 Å². The molecule has 4 aromatic rings. The Hall–Kier alpha value is -4.92. The molecule has 12 heteroatoms. The Morgan fingerprint density at radius 3 is 2.62 bits per heavy atom. The molecule has 0 N–H and O–H groups in total. The third kappa shape index (κ3) is 6.53. The fraction of sp³-hybridized carbons (Fsp3) is 0.395. The Bertz CT molecular complexity index is 2050. The molecule has 0 spiro atoms. The van der Waals surface area contributed by atoms with E-state index in [1.807, 2.05) is 12.1 Å². The molecule has 7 rings (SSSR count). The number of benzene rings is 2. The predicted molar refractivity (Wildman–Crippen MR) is 196 cm³/mol. The van der Waals surface area contributed by atoms with Crippen LogP contribution in [0.3, 0.4) is 0 Å². The molecule has 3 aliphatic heterocycles. The van der Waals surface area contributed by atoms with Crippen molar-refractivity contribution in [2.45, 2.75) is 44.3 Å². The van der Waals surface area contributed by atoms with Crippen molar-refractivity contribution in [3.05, 3.63) is 93.5 Å². The normalized spacial score (nSPS) is 19.4. The minimum atomic E-state index is -0.384. The van der Waals surface area contributed by atoms with Gasteiger partial charge < -0.3 is 28.9 Å². The van der Waals surface area contributed by atoms with Crippen molar-refractivity contribution in [3.63, 3.8) is 0 Å². The number of nitriles is 1. The summed E-state index contributed by atoms with van der Waals surface area (Å²) >= 11 is 6.74. The van der Waals surface area contributed by atoms with E-state index in [1.165, 1.54) is 10.6 Å². The summed E-state index contributed by atoms with van der Waals surface area (Å²) in [5, 5.41) is 12.7. The third-order valence-corrected chi connectivity index (χ3v) is 10.6. The maximum atomic E-state index is 13.8. The number of likely N-dealkylation sites (tertiary alicyclic amines) is 1. The lowest BCUT2D eigenvalue weighted by Gasteiger charge is -2.42. The fourth-order valence-electron chi connectivity index (χ4n) is 7.48. The average molecular weight is 693 g/mol. The van der Waals surface area contributed by atoms with Crippen LogP contribution in [-0.2, 0) is 24.8 Å². The van der Waals surface area contributed by atoms with E-state index >= 15 is 0 Å². The number of hydrogen-bond donors (Lipinski definition) is 0. The van der Waals surface area contributed by atoms with E-state index in [1.54, 1.807) is 24.2 Å². The quantitative estimate of drug-likeness (QED) is 0.244. The number of hydrogen-bond acceptors (Lipinski definition) is 9. The summed E-state index contributed by atoms with van der Waals surface area (Å²) < 4.78 is 7.77. The molecule has 258 valence electrons. The number of amides is 1. The molecule has 2 fully saturated rings. The molecule has 0 radical (unpaired) electrons. The molecule has 3 aliphatic rings. The summed E-state index contributed by atoms with van der Waals surface area (Å²) in [6.45, 7) is 8.27. The van der Waals surface area contributed by atoms with Crippen molar-refractivity contribution >= 4 is 45.4 Å². The van der Waals surface area contributed by atoms with Gasteiger partial charge in [0.1, 0.15) is 12.4 Å². The average Bonchev–Trinajstić information content (AvgIpc) is 3.54. The van der Waals surface area contributed by atoms with Gasteiger partial charge in [0.05, 0.1) is 35.8 Å². The number of nitrogens with zero attached hydrogens (tertiary/aromatic N) is 8. The summed E-state index contributed by atoms with van der Waals surface area (Å²) in [6, 6.07) is 17.8. The number of ether oxygens (including phenoxy) is 1. The van der Waals surface area contributed by atoms with Gasteiger partial charge in [0, 0.05) is 79.3 Å². The van der Waals surface area contributed by atoms with Crippen LogP contribution in [0.2, 0.25) is 5.02 Å². The van der Waals surface area contributed by atoms with Gasteiger partial charge in [-0.15, -0.1) is 0 Å². The number of anilines is 2. The van der Waals surface area contributed by atoms with Crippen LogP contribution in [0.25, 0.3) is 16.3 Å². The number of aryl methyl sites for hydroxylation is 1. The molecule has 0 bridgehead atoms. The number of aromatic nitrogens is 3. The number of halogens is 1. The Morgan fingerprint density at radius 2 is 1.86 bits per heavy atom. The second kappa shape index (κ2) is 14.1. The zero-order valence-electron chi connectivity index (χ0n) is 28.5. The number of carbonyl (C=O) groups excluding carboxylic acids is 1. The minimum absolute atomic E-state index is 0.156. The van der Waals surface area contributed by atoms with Crippen molar-refractivity contribution in [3.8, 4) is 12.1 Å². The predicted octanol–water partition coefficient (Wildman–Crippen LogP) is 4.66. The van der Waals surface area contributed by atoms with Crippen molar-refractivity contribution in [2.75, 3.05) is 56.2 Å². The minimum Gasteiger partial charge on any atom is -0.462 e. The lowest BCUT2D eigenvalue weighted by molar-refractivity contribution is -0.127. The molecule has 0 unspecified atom stereocenters. The van der Waals surface area contributed by atoms with E-state index < -0.39 is 0 Å². The zero-order chi connectivity index (χ0) is 34.9. The van der Waals surface area contributed by atoms with Gasteiger partial charge in [0.2, 0.25) is 5.56 Å². The largest absolute Gasteiger partial charge is 0.462 e. The number of pyridine rings is 1. The lowest BCUT2D eigenvalue weighted by Crippen LogP contribution is -2.56. The molecule has 11 nitrogen and oxygen atoms in total. The maximum Gasteiger partial charge on any atom is 0.318 e. The van der Waals surface area contributed by atoms with E-state index in [0.29, 0.717) is 61.8 Å². The van der Waals surface area contributed by atoms with Crippen LogP contribution in [-0.4, -0.2) is 88.7 Å². The smallest absolute Gasteiger partial charge is 0.318 e. The molecular formula is C38H41ClN8O3. The molecule has 2 saturated heterocycles. The highest BCUT2D eigenvalue weighted by Crippen LogP contribution is 2.37. The molecule has 2 atom stereocenters. The summed E-state index contributed by atoms with van der Waals surface area (Å²) in [5.41, 5.74) is 3.72. The number of rotatable bonds is 8. The van der Waals surface area contributed by atoms with E-state index in [2.05, 4.69) is 58.7 Å². The first-order chi connectivity index (χ1) is 24.2. The van der Waals surface area contributed by atoms with Crippen LogP contribution >= 0.6 is 11.6 Å². The topological polar surface area (TPSA) is 111 Å². The van der Waals surface area contributed by atoms with Crippen LogP contribution in [0.4, 0.5) is 11.5 Å². The second-order valence-corrected chi connectivity index (χ2v) is 13.8. The van der Waals surface area contributed by atoms with Gasteiger partial charge in [-0.05, 0) is 56.4 Å². The van der Waals surface area contributed by atoms with Crippen molar-refractivity contribution in [1.82, 2.24) is 24.3 Å². The van der Waals surface area contributed by atoms with E-state index in [-0.39, 0.29) is 29.5 Å². The SMILES string of the molecule is C=C(C(=O)N1CCN(c2nc(OC[C@@H]3CCCN3C)nc3c2CCN(c2cccc4cccc(Cl)c24)C3)C[C@@H]1CC#N)c1ccc(=O)n(C)c1. The molecule has 5 heterocycles. The Balaban J connectivity index is 1.19. The Labute approximate surface area is 296 Å². The highest BCUT2D eigenvalue weighted by molar-refractivity contribution is 6.36. The number of fused-ring (bicyclic) bond motifs is 2. The van der Waals surface area contributed by atoms with Crippen molar-refractivity contribution < 1.29 is 9.53 Å². The summed E-state index contributed by atoms with van der Waals surface area (Å²) in [5.74, 6) is 0.551. The van der Waals surface area contributed by atoms with Gasteiger partial charge in [-0.1, -0.05) is 42.4 Å². The van der Waals surface area contributed by atoms with Gasteiger partial charge >= 0.3 is 6.01 Å². The maximum absolute atomic E-state index is 13.8. The van der Waals surface area contributed by atoms with Crippen LogP contribution < -0.4 is 20.1 Å². The lowest BCUT2D eigenvalue weighted by atomic mass is 10.0. The zero-order valence-corrected chi connectivity index (χ0v) is 29.3. The molecule has 0 saturated carbocycles. The second-order valence-electron chi connectivity index (χ2n) is 13.4. The summed E-state index contributed by atoms with van der Waals surface area (Å²) in [7, 11) is 3.76. The first-order valence-electron chi connectivity index (χ1n) is 17.2. The van der Waals surface area contributed by atoms with Crippen LogP contribution in [0.1, 0.15) is 36.1 Å². The highest BCUT2D eigenvalue weighted by atomic mass is 35.5. The van der Waals surface area contributed by atoms with E-state index in [9.17, 15) is 14.9 Å². The Kier molecular flexibility index (Phi) is 9.49. The number of carbonyl (C=O) groups is 1. The molecule has 0 aliphatic carbocycles. The molecule has 2 aromatic heterocycles. The van der Waals surface area contributed by atoms with Gasteiger partial charge in [-0.2, -0.15) is 15.2 Å². The van der Waals surface area contributed by atoms with Crippen LogP contribution in [0, 0.1) is 11.3 Å². The summed E-state index contributed by atoms with van der Waals surface area (Å²) in [4.78, 5) is 44.3. The van der Waals surface area contributed by atoms with Crippen LogP contribution in [0.15, 0.2) is 66.1 Å². The first kappa shape index (κ1) is 33.6. The number of piperazine rings is 1. The van der Waals surface area contributed by atoms with Gasteiger partial charge in [0.15, 0.2) is 0 Å². The summed E-state index contributed by atoms with van der Waals surface area (Å²) in [6.07, 6.45) is 4.69. The van der Waals surface area contributed by atoms with E-state index in [4.69, 9.17) is 26.3 Å². The highest BCUT2D eigenvalue weighted by Gasteiger charge is 2.35. The fourth-order valence-corrected chi connectivity index (χ4v) is 7.76. The number of likely N-dealkylation sites (N-methyl/N-ethyl adjacent to an activating group) is 1. The Morgan fingerprint density at radius 1 is 1.04 bits per heavy atom. The molecule has 2 aromatic carbocycles. The van der Waals surface area contributed by atoms with Crippen molar-refractivity contribution in [1.29, 1.82) is 5.26 Å². The molecule has 50 heavy (non-hydrogen) atoms.